The SMILES string of the molecule is Fc1ccc2nc([C@@H]3CCCN3Cc3cccc(-n4cccn4)c3)[nH]c2c1. The molecule has 2 aromatic heterocycles. The van der Waals surface area contributed by atoms with Crippen LogP contribution in [0.3, 0.4) is 0 Å². The number of halogens is 1. The van der Waals surface area contributed by atoms with Gasteiger partial charge in [-0.3, -0.25) is 4.90 Å². The van der Waals surface area contributed by atoms with E-state index < -0.39 is 0 Å². The summed E-state index contributed by atoms with van der Waals surface area (Å²) in [5.74, 6) is 0.688. The first kappa shape index (κ1) is 16.2. The van der Waals surface area contributed by atoms with Crippen molar-refractivity contribution in [1.29, 1.82) is 0 Å². The third kappa shape index (κ3) is 3.13. The summed E-state index contributed by atoms with van der Waals surface area (Å²) in [6, 6.07) is 15.3. The van der Waals surface area contributed by atoms with Crippen molar-refractivity contribution in [1.82, 2.24) is 24.6 Å². The Kier molecular flexibility index (Phi) is 3.98. The highest BCUT2D eigenvalue weighted by molar-refractivity contribution is 5.75. The van der Waals surface area contributed by atoms with E-state index in [0.29, 0.717) is 0 Å². The number of aromatic amines is 1. The molecule has 0 bridgehead atoms. The van der Waals surface area contributed by atoms with Gasteiger partial charge in [0.25, 0.3) is 0 Å². The Balaban J connectivity index is 1.40. The Bertz CT molecular complexity index is 1070. The van der Waals surface area contributed by atoms with Crippen molar-refractivity contribution in [3.05, 3.63) is 78.1 Å². The highest BCUT2D eigenvalue weighted by Crippen LogP contribution is 2.33. The van der Waals surface area contributed by atoms with Gasteiger partial charge in [0.05, 0.1) is 22.8 Å². The number of imidazole rings is 1. The minimum atomic E-state index is -0.239. The number of nitrogens with one attached hydrogen (secondary N) is 1. The van der Waals surface area contributed by atoms with Crippen molar-refractivity contribution >= 4 is 11.0 Å². The molecule has 0 unspecified atom stereocenters. The van der Waals surface area contributed by atoms with Gasteiger partial charge in [0.1, 0.15) is 11.6 Å². The Morgan fingerprint density at radius 3 is 3.00 bits per heavy atom. The summed E-state index contributed by atoms with van der Waals surface area (Å²) in [4.78, 5) is 10.5. The van der Waals surface area contributed by atoms with E-state index in [4.69, 9.17) is 4.98 Å². The summed E-state index contributed by atoms with van der Waals surface area (Å²) in [6.45, 7) is 1.88. The molecule has 0 saturated carbocycles. The maximum atomic E-state index is 13.5. The van der Waals surface area contributed by atoms with Crippen LogP contribution in [0.4, 0.5) is 4.39 Å². The zero-order valence-corrected chi connectivity index (χ0v) is 14.8. The molecule has 1 N–H and O–H groups in total. The Morgan fingerprint density at radius 2 is 2.11 bits per heavy atom. The van der Waals surface area contributed by atoms with Crippen LogP contribution in [0.15, 0.2) is 60.9 Å². The molecule has 1 saturated heterocycles. The fourth-order valence-corrected chi connectivity index (χ4v) is 3.94. The average Bonchev–Trinajstić information content (AvgIpc) is 3.42. The van der Waals surface area contributed by atoms with Gasteiger partial charge in [-0.25, -0.2) is 14.1 Å². The molecule has 1 atom stereocenters. The molecule has 4 aromatic rings. The quantitative estimate of drug-likeness (QED) is 0.592. The Morgan fingerprint density at radius 1 is 1.15 bits per heavy atom. The molecular weight excluding hydrogens is 341 g/mol. The summed E-state index contributed by atoms with van der Waals surface area (Å²) >= 11 is 0. The van der Waals surface area contributed by atoms with Crippen molar-refractivity contribution in [2.24, 2.45) is 0 Å². The second-order valence-electron chi connectivity index (χ2n) is 7.03. The summed E-state index contributed by atoms with van der Waals surface area (Å²) in [5.41, 5.74) is 3.89. The topological polar surface area (TPSA) is 49.7 Å². The Labute approximate surface area is 156 Å². The first-order chi connectivity index (χ1) is 13.3. The number of rotatable bonds is 4. The summed E-state index contributed by atoms with van der Waals surface area (Å²) in [5, 5.41) is 4.31. The minimum absolute atomic E-state index is 0.230. The highest BCUT2D eigenvalue weighted by atomic mass is 19.1. The molecule has 136 valence electrons. The molecule has 27 heavy (non-hydrogen) atoms. The second-order valence-corrected chi connectivity index (χ2v) is 7.03. The monoisotopic (exact) mass is 361 g/mol. The molecule has 0 amide bonds. The van der Waals surface area contributed by atoms with Gasteiger partial charge in [-0.15, -0.1) is 0 Å². The standard InChI is InChI=1S/C21H20FN5/c22-16-7-8-18-19(13-16)25-21(24-18)20-6-2-10-26(20)14-15-4-1-5-17(12-15)27-11-3-9-23-27/h1,3-5,7-9,11-13,20H,2,6,10,14H2,(H,24,25)/t20-/m0/s1. The van der Waals surface area contributed by atoms with Gasteiger partial charge in [0.15, 0.2) is 0 Å². The predicted molar refractivity (Wildman–Crippen MR) is 102 cm³/mol. The van der Waals surface area contributed by atoms with E-state index in [1.165, 1.54) is 17.7 Å². The summed E-state index contributed by atoms with van der Waals surface area (Å²) in [7, 11) is 0. The predicted octanol–water partition coefficient (Wildman–Crippen LogP) is 4.22. The molecule has 5 nitrogen and oxygen atoms in total. The number of likely N-dealkylation sites (tertiary alicyclic amines) is 1. The molecule has 0 aliphatic carbocycles. The lowest BCUT2D eigenvalue weighted by Gasteiger charge is -2.23. The molecule has 1 fully saturated rings. The van der Waals surface area contributed by atoms with E-state index in [-0.39, 0.29) is 11.9 Å². The second kappa shape index (κ2) is 6.63. The molecule has 0 spiro atoms. The van der Waals surface area contributed by atoms with Gasteiger partial charge in [0, 0.05) is 18.9 Å². The fraction of sp³-hybridized carbons (Fsp3) is 0.238. The summed E-state index contributed by atoms with van der Waals surface area (Å²) in [6.07, 6.45) is 5.93. The molecule has 3 heterocycles. The van der Waals surface area contributed by atoms with Crippen LogP contribution in [-0.4, -0.2) is 31.2 Å². The number of fused-ring (bicyclic) bond motifs is 1. The number of benzene rings is 2. The van der Waals surface area contributed by atoms with Crippen molar-refractivity contribution in [3.8, 4) is 5.69 Å². The van der Waals surface area contributed by atoms with E-state index in [1.54, 1.807) is 12.3 Å². The lowest BCUT2D eigenvalue weighted by Crippen LogP contribution is -2.23. The zero-order valence-electron chi connectivity index (χ0n) is 14.8. The lowest BCUT2D eigenvalue weighted by molar-refractivity contribution is 0.241. The fourth-order valence-electron chi connectivity index (χ4n) is 3.94. The number of hydrogen-bond acceptors (Lipinski definition) is 3. The first-order valence-corrected chi connectivity index (χ1v) is 9.24. The van der Waals surface area contributed by atoms with E-state index in [9.17, 15) is 4.39 Å². The summed E-state index contributed by atoms with van der Waals surface area (Å²) < 4.78 is 15.4. The molecule has 1 aliphatic heterocycles. The van der Waals surface area contributed by atoms with Crippen LogP contribution in [0, 0.1) is 5.82 Å². The van der Waals surface area contributed by atoms with Crippen molar-refractivity contribution < 1.29 is 4.39 Å². The van der Waals surface area contributed by atoms with E-state index >= 15 is 0 Å². The van der Waals surface area contributed by atoms with Crippen LogP contribution >= 0.6 is 0 Å². The first-order valence-electron chi connectivity index (χ1n) is 9.24. The number of H-pyrrole nitrogens is 1. The third-order valence-corrected chi connectivity index (χ3v) is 5.21. The molecule has 2 aromatic carbocycles. The van der Waals surface area contributed by atoms with Gasteiger partial charge in [-0.1, -0.05) is 12.1 Å². The van der Waals surface area contributed by atoms with Crippen LogP contribution in [0.2, 0.25) is 0 Å². The normalized spacial score (nSPS) is 17.7. The van der Waals surface area contributed by atoms with Crippen molar-refractivity contribution in [2.75, 3.05) is 6.54 Å². The molecule has 5 rings (SSSR count). The molecule has 0 radical (unpaired) electrons. The van der Waals surface area contributed by atoms with E-state index in [1.807, 2.05) is 16.9 Å². The Hall–Kier alpha value is -2.99. The van der Waals surface area contributed by atoms with Gasteiger partial charge < -0.3 is 4.98 Å². The molecule has 1 aliphatic rings. The highest BCUT2D eigenvalue weighted by Gasteiger charge is 2.28. The van der Waals surface area contributed by atoms with Crippen LogP contribution in [-0.2, 0) is 6.54 Å². The minimum Gasteiger partial charge on any atom is -0.341 e. The van der Waals surface area contributed by atoms with E-state index in [2.05, 4.69) is 39.2 Å². The van der Waals surface area contributed by atoms with Gasteiger partial charge in [-0.05, 0) is 61.3 Å². The smallest absolute Gasteiger partial charge is 0.125 e. The largest absolute Gasteiger partial charge is 0.341 e. The van der Waals surface area contributed by atoms with Gasteiger partial charge in [0.2, 0.25) is 0 Å². The van der Waals surface area contributed by atoms with Crippen LogP contribution in [0.5, 0.6) is 0 Å². The van der Waals surface area contributed by atoms with Crippen LogP contribution in [0.25, 0.3) is 16.7 Å². The van der Waals surface area contributed by atoms with Crippen LogP contribution < -0.4 is 0 Å². The average molecular weight is 361 g/mol. The van der Waals surface area contributed by atoms with Crippen LogP contribution in [0.1, 0.15) is 30.3 Å². The number of nitrogens with zero attached hydrogens (tertiary/aromatic N) is 4. The third-order valence-electron chi connectivity index (χ3n) is 5.21. The van der Waals surface area contributed by atoms with E-state index in [0.717, 1.165) is 48.5 Å². The maximum absolute atomic E-state index is 13.5. The van der Waals surface area contributed by atoms with Crippen molar-refractivity contribution in [3.63, 3.8) is 0 Å². The van der Waals surface area contributed by atoms with Gasteiger partial charge in [-0.2, -0.15) is 5.10 Å². The van der Waals surface area contributed by atoms with Crippen molar-refractivity contribution in [2.45, 2.75) is 25.4 Å². The van der Waals surface area contributed by atoms with Gasteiger partial charge >= 0.3 is 0 Å². The number of aromatic nitrogens is 4. The number of hydrogen-bond donors (Lipinski definition) is 1. The zero-order chi connectivity index (χ0) is 18.2. The molecular formula is C21H20FN5. The molecule has 6 heteroatoms. The lowest BCUT2D eigenvalue weighted by atomic mass is 10.1. The maximum Gasteiger partial charge on any atom is 0.125 e.